The molecule has 2 N–H and O–H groups in total. The third-order valence-electron chi connectivity index (χ3n) is 3.86. The average Bonchev–Trinajstić information content (AvgIpc) is 2.66. The summed E-state index contributed by atoms with van der Waals surface area (Å²) < 4.78 is 21.4. The molecule has 0 fully saturated rings. The van der Waals surface area contributed by atoms with Gasteiger partial charge in [-0.05, 0) is 39.0 Å². The fraction of sp³-hybridized carbons (Fsp3) is 0.350. The molecular formula is C20H25N3O4S. The highest BCUT2D eigenvalue weighted by atomic mass is 32.2. The Labute approximate surface area is 168 Å². The summed E-state index contributed by atoms with van der Waals surface area (Å²) >= 11 is -1.58. The number of aliphatic hydroxyl groups excluding tert-OH is 1. The molecule has 7 nitrogen and oxygen atoms in total. The molecule has 2 atom stereocenters. The van der Waals surface area contributed by atoms with Gasteiger partial charge in [0.2, 0.25) is 0 Å². The lowest BCUT2D eigenvalue weighted by atomic mass is 10.0. The number of nitrogens with zero attached hydrogens (tertiary/aromatic N) is 3. The number of hydrogen-bond donors (Lipinski definition) is 2. The fourth-order valence-corrected chi connectivity index (χ4v) is 2.88. The Kier molecular flexibility index (Phi) is 7.17. The van der Waals surface area contributed by atoms with Crippen molar-refractivity contribution in [3.05, 3.63) is 54.1 Å². The lowest BCUT2D eigenvalue weighted by Crippen LogP contribution is -2.27. The van der Waals surface area contributed by atoms with Crippen molar-refractivity contribution in [1.82, 2.24) is 9.97 Å². The zero-order valence-corrected chi connectivity index (χ0v) is 17.2. The fourth-order valence-electron chi connectivity index (χ4n) is 2.23. The molecule has 8 heteroatoms. The zero-order chi connectivity index (χ0) is 20.9. The lowest BCUT2D eigenvalue weighted by molar-refractivity contribution is 0.181. The molecule has 1 heterocycles. The second-order valence-electron chi connectivity index (χ2n) is 7.07. The number of ether oxygens (including phenoxy) is 1. The van der Waals surface area contributed by atoms with Gasteiger partial charge in [-0.2, -0.15) is 0 Å². The van der Waals surface area contributed by atoms with E-state index in [1.165, 1.54) is 25.6 Å². The van der Waals surface area contributed by atoms with Gasteiger partial charge in [0.15, 0.2) is 0 Å². The molecule has 1 aromatic heterocycles. The number of hydrogen-bond acceptors (Lipinski definition) is 7. The maximum Gasteiger partial charge on any atom is 0.144 e. The summed E-state index contributed by atoms with van der Waals surface area (Å²) in [5.74, 6) is 0.397. The van der Waals surface area contributed by atoms with Crippen LogP contribution in [0, 0.1) is 0 Å². The normalized spacial score (nSPS) is 14.4. The average molecular weight is 404 g/mol. The van der Waals surface area contributed by atoms with Crippen LogP contribution in [0.2, 0.25) is 0 Å². The highest BCUT2D eigenvalue weighted by Crippen LogP contribution is 2.29. The number of methoxy groups -OCH3 is 1. The van der Waals surface area contributed by atoms with Gasteiger partial charge in [-0.1, -0.05) is 11.0 Å². The molecule has 0 aliphatic carbocycles. The molecule has 28 heavy (non-hydrogen) atoms. The molecule has 150 valence electrons. The first-order chi connectivity index (χ1) is 13.2. The van der Waals surface area contributed by atoms with Crippen LogP contribution in [0.3, 0.4) is 0 Å². The summed E-state index contributed by atoms with van der Waals surface area (Å²) in [6.45, 7) is 9.02. The van der Waals surface area contributed by atoms with Crippen LogP contribution in [-0.4, -0.2) is 42.3 Å². The van der Waals surface area contributed by atoms with Gasteiger partial charge in [0.1, 0.15) is 39.4 Å². The molecule has 0 aliphatic rings. The molecule has 0 bridgehead atoms. The summed E-state index contributed by atoms with van der Waals surface area (Å²) in [7, 11) is 1.49. The first-order valence-corrected chi connectivity index (χ1v) is 9.75. The van der Waals surface area contributed by atoms with Gasteiger partial charge in [-0.15, -0.1) is 0 Å². The zero-order valence-electron chi connectivity index (χ0n) is 16.4. The van der Waals surface area contributed by atoms with Crippen LogP contribution >= 0.6 is 0 Å². The van der Waals surface area contributed by atoms with Crippen molar-refractivity contribution in [2.45, 2.75) is 38.0 Å². The Balaban J connectivity index is 2.40. The van der Waals surface area contributed by atoms with Crippen LogP contribution in [0.4, 0.5) is 0 Å². The van der Waals surface area contributed by atoms with Crippen LogP contribution in [0.25, 0.3) is 6.08 Å². The quantitative estimate of drug-likeness (QED) is 0.542. The topological polar surface area (TPSA) is 111 Å². The summed E-state index contributed by atoms with van der Waals surface area (Å²) in [4.78, 5) is 8.31. The van der Waals surface area contributed by atoms with Crippen LogP contribution < -0.4 is 4.74 Å². The van der Waals surface area contributed by atoms with Gasteiger partial charge in [0.25, 0.3) is 0 Å². The third kappa shape index (κ3) is 5.54. The number of benzene rings is 1. The van der Waals surface area contributed by atoms with E-state index in [0.29, 0.717) is 28.4 Å². The van der Waals surface area contributed by atoms with E-state index in [2.05, 4.69) is 20.9 Å². The molecule has 0 saturated carbocycles. The van der Waals surface area contributed by atoms with Crippen molar-refractivity contribution < 1.29 is 19.5 Å². The van der Waals surface area contributed by atoms with Crippen molar-refractivity contribution in [1.29, 1.82) is 0 Å². The molecule has 0 saturated heterocycles. The van der Waals surface area contributed by atoms with E-state index in [0.717, 1.165) is 0 Å². The van der Waals surface area contributed by atoms with E-state index in [1.54, 1.807) is 39.0 Å². The highest BCUT2D eigenvalue weighted by molar-refractivity contribution is 7.91. The van der Waals surface area contributed by atoms with Crippen molar-refractivity contribution in [3.8, 4) is 11.5 Å². The molecule has 0 radical (unpaired) electrons. The first-order valence-electron chi connectivity index (χ1n) is 8.65. The number of aromatic hydroxyl groups is 1. The Bertz CT molecular complexity index is 848. The molecule has 2 rings (SSSR count). The highest BCUT2D eigenvalue weighted by Gasteiger charge is 2.29. The maximum absolute atomic E-state index is 12.6. The van der Waals surface area contributed by atoms with Gasteiger partial charge in [0, 0.05) is 18.1 Å². The standard InChI is InChI=1S/C20H25N3O4S/c1-6-13-11-22-17(12-21-13)19(25)10-16(23-28(26)20(2,3)4)15-8-7-14(27-5)9-18(15)24/h6-9,11-12,19,24-25H,1,10H2,2-5H3/b23-16+/t19?,28-/m0/s1. The monoisotopic (exact) mass is 403 g/mol. The largest absolute Gasteiger partial charge is 0.591 e. The third-order valence-corrected chi connectivity index (χ3v) is 5.30. The summed E-state index contributed by atoms with van der Waals surface area (Å²) in [6, 6.07) is 4.72. The van der Waals surface area contributed by atoms with Gasteiger partial charge in [-0.3, -0.25) is 9.97 Å². The van der Waals surface area contributed by atoms with Crippen molar-refractivity contribution in [2.75, 3.05) is 7.11 Å². The summed E-state index contributed by atoms with van der Waals surface area (Å²) in [6.07, 6.45) is 3.47. The number of aromatic nitrogens is 2. The lowest BCUT2D eigenvalue weighted by Gasteiger charge is -2.20. The van der Waals surface area contributed by atoms with Crippen molar-refractivity contribution in [2.24, 2.45) is 4.40 Å². The second kappa shape index (κ2) is 9.18. The molecule has 0 spiro atoms. The van der Waals surface area contributed by atoms with Crippen molar-refractivity contribution in [3.63, 3.8) is 0 Å². The number of rotatable bonds is 7. The van der Waals surface area contributed by atoms with Gasteiger partial charge < -0.3 is 19.5 Å². The molecule has 1 aromatic carbocycles. The molecule has 2 aromatic rings. The van der Waals surface area contributed by atoms with Crippen LogP contribution in [0.15, 0.2) is 41.6 Å². The van der Waals surface area contributed by atoms with Gasteiger partial charge in [0.05, 0.1) is 30.9 Å². The minimum Gasteiger partial charge on any atom is -0.591 e. The SMILES string of the molecule is C=Cc1cnc(C(O)C/C(=N\[S@@+]([O-])C(C)(C)C)c2ccc(OC)cc2O)cn1. The predicted molar refractivity (Wildman–Crippen MR) is 111 cm³/mol. The van der Waals surface area contributed by atoms with Crippen LogP contribution in [-0.2, 0) is 11.4 Å². The summed E-state index contributed by atoms with van der Waals surface area (Å²) in [5.41, 5.74) is 1.60. The first kappa shape index (κ1) is 21.9. The Morgan fingerprint density at radius 2 is 2.07 bits per heavy atom. The van der Waals surface area contributed by atoms with E-state index in [4.69, 9.17) is 4.74 Å². The van der Waals surface area contributed by atoms with Crippen LogP contribution in [0.5, 0.6) is 11.5 Å². The predicted octanol–water partition coefficient (Wildman–Crippen LogP) is 3.21. The van der Waals surface area contributed by atoms with Crippen LogP contribution in [0.1, 0.15) is 50.2 Å². The Hall–Kier alpha value is -2.42. The van der Waals surface area contributed by atoms with E-state index in [-0.39, 0.29) is 12.2 Å². The van der Waals surface area contributed by atoms with E-state index < -0.39 is 22.2 Å². The number of phenolic OH excluding ortho intramolecular Hbond substituents is 1. The minimum absolute atomic E-state index is 0.00379. The molecular weight excluding hydrogens is 378 g/mol. The van der Waals surface area contributed by atoms with E-state index in [9.17, 15) is 14.8 Å². The van der Waals surface area contributed by atoms with Crippen molar-refractivity contribution >= 4 is 23.1 Å². The summed E-state index contributed by atoms with van der Waals surface area (Å²) in [5, 5.41) is 21.0. The van der Waals surface area contributed by atoms with E-state index >= 15 is 0 Å². The molecule has 1 unspecified atom stereocenters. The molecule has 0 aliphatic heterocycles. The Morgan fingerprint density at radius 1 is 1.36 bits per heavy atom. The Morgan fingerprint density at radius 3 is 2.57 bits per heavy atom. The number of aliphatic hydroxyl groups is 1. The minimum atomic E-state index is -1.58. The van der Waals surface area contributed by atoms with Gasteiger partial charge in [-0.25, -0.2) is 0 Å². The maximum atomic E-state index is 12.6. The smallest absolute Gasteiger partial charge is 0.144 e. The van der Waals surface area contributed by atoms with E-state index in [1.807, 2.05) is 0 Å². The number of phenols is 1. The molecule has 0 amide bonds. The van der Waals surface area contributed by atoms with Gasteiger partial charge >= 0.3 is 0 Å². The second-order valence-corrected chi connectivity index (χ2v) is 8.98.